The average molecular weight is 352 g/mol. The van der Waals surface area contributed by atoms with Crippen LogP contribution in [-0.4, -0.2) is 15.1 Å². The van der Waals surface area contributed by atoms with Gasteiger partial charge < -0.3 is 9.84 Å². The van der Waals surface area contributed by atoms with Crippen LogP contribution < -0.4 is 5.32 Å². The number of rotatable bonds is 6. The molecule has 0 saturated heterocycles. The van der Waals surface area contributed by atoms with Crippen LogP contribution in [0.4, 0.5) is 11.4 Å². The lowest BCUT2D eigenvalue weighted by atomic mass is 10.1. The predicted octanol–water partition coefficient (Wildman–Crippen LogP) is 4.94. The molecule has 0 bridgehead atoms. The highest BCUT2D eigenvalue weighted by atomic mass is 16.6. The molecular formula is C19H20N4O3. The zero-order chi connectivity index (χ0) is 18.7. The zero-order valence-corrected chi connectivity index (χ0v) is 14.8. The molecule has 3 rings (SSSR count). The molecule has 0 unspecified atom stereocenters. The van der Waals surface area contributed by atoms with Gasteiger partial charge in [0, 0.05) is 23.6 Å². The quantitative estimate of drug-likeness (QED) is 0.499. The molecule has 1 atom stereocenters. The third kappa shape index (κ3) is 3.72. The van der Waals surface area contributed by atoms with Crippen molar-refractivity contribution in [2.75, 3.05) is 5.32 Å². The van der Waals surface area contributed by atoms with E-state index in [2.05, 4.69) is 15.5 Å². The number of hydrogen-bond donors (Lipinski definition) is 1. The largest absolute Gasteiger partial charge is 0.373 e. The molecule has 3 aromatic rings. The number of benzene rings is 2. The van der Waals surface area contributed by atoms with E-state index in [0.717, 1.165) is 5.56 Å². The number of hydrogen-bond acceptors (Lipinski definition) is 6. The van der Waals surface area contributed by atoms with Crippen LogP contribution in [0.1, 0.15) is 44.1 Å². The van der Waals surface area contributed by atoms with Gasteiger partial charge in [-0.05, 0) is 24.6 Å². The maximum atomic E-state index is 11.5. The van der Waals surface area contributed by atoms with Crippen LogP contribution in [0, 0.1) is 10.1 Å². The van der Waals surface area contributed by atoms with Crippen LogP contribution in [0.3, 0.4) is 0 Å². The van der Waals surface area contributed by atoms with Crippen molar-refractivity contribution in [1.82, 2.24) is 10.1 Å². The van der Waals surface area contributed by atoms with Gasteiger partial charge in [-0.2, -0.15) is 4.98 Å². The second-order valence-electron chi connectivity index (χ2n) is 6.38. The summed E-state index contributed by atoms with van der Waals surface area (Å²) in [4.78, 5) is 15.4. The van der Waals surface area contributed by atoms with Gasteiger partial charge in [0.05, 0.1) is 4.92 Å². The third-order valence-electron chi connectivity index (χ3n) is 4.07. The molecular weight excluding hydrogens is 332 g/mol. The maximum absolute atomic E-state index is 11.5. The van der Waals surface area contributed by atoms with E-state index in [-0.39, 0.29) is 23.5 Å². The summed E-state index contributed by atoms with van der Waals surface area (Å²) in [7, 11) is 0. The summed E-state index contributed by atoms with van der Waals surface area (Å²) < 4.78 is 5.23. The van der Waals surface area contributed by atoms with E-state index in [1.165, 1.54) is 6.07 Å². The first kappa shape index (κ1) is 17.6. The van der Waals surface area contributed by atoms with Crippen molar-refractivity contribution in [3.8, 4) is 11.5 Å². The highest BCUT2D eigenvalue weighted by molar-refractivity contribution is 5.70. The Morgan fingerprint density at radius 3 is 2.46 bits per heavy atom. The molecule has 1 N–H and O–H groups in total. The number of nitro benzene ring substituents is 1. The van der Waals surface area contributed by atoms with Crippen LogP contribution in [0.5, 0.6) is 0 Å². The lowest BCUT2D eigenvalue weighted by molar-refractivity contribution is -0.383. The molecule has 7 heteroatoms. The summed E-state index contributed by atoms with van der Waals surface area (Å²) in [6, 6.07) is 14.6. The first-order chi connectivity index (χ1) is 12.5. The number of aromatic nitrogens is 2. The Bertz CT molecular complexity index is 906. The first-order valence-corrected chi connectivity index (χ1v) is 8.39. The molecule has 1 aromatic heterocycles. The Labute approximate surface area is 151 Å². The highest BCUT2D eigenvalue weighted by Crippen LogP contribution is 2.32. The molecule has 0 radical (unpaired) electrons. The summed E-state index contributed by atoms with van der Waals surface area (Å²) in [5.41, 5.74) is 1.98. The standard InChI is InChI=1S/C19H20N4O3/c1-12(2)18-21-19(26-22-18)15-9-10-16(17(11-15)23(24)25)20-13(3)14-7-5-4-6-8-14/h4-13,20H,1-3H3/t13-/m0/s1. The summed E-state index contributed by atoms with van der Waals surface area (Å²) >= 11 is 0. The van der Waals surface area contributed by atoms with Gasteiger partial charge in [-0.3, -0.25) is 10.1 Å². The lowest BCUT2D eigenvalue weighted by Gasteiger charge is -2.16. The molecule has 0 saturated carbocycles. The number of anilines is 1. The minimum Gasteiger partial charge on any atom is -0.373 e. The lowest BCUT2D eigenvalue weighted by Crippen LogP contribution is -2.08. The molecule has 0 aliphatic rings. The molecule has 26 heavy (non-hydrogen) atoms. The van der Waals surface area contributed by atoms with Crippen molar-refractivity contribution in [3.63, 3.8) is 0 Å². The fourth-order valence-corrected chi connectivity index (χ4v) is 2.58. The Hall–Kier alpha value is -3.22. The van der Waals surface area contributed by atoms with Gasteiger partial charge in [-0.15, -0.1) is 0 Å². The van der Waals surface area contributed by atoms with E-state index in [9.17, 15) is 10.1 Å². The Balaban J connectivity index is 1.90. The van der Waals surface area contributed by atoms with Gasteiger partial charge in [0.1, 0.15) is 5.69 Å². The second-order valence-corrected chi connectivity index (χ2v) is 6.38. The number of nitrogens with zero attached hydrogens (tertiary/aromatic N) is 3. The van der Waals surface area contributed by atoms with Crippen LogP contribution in [0.25, 0.3) is 11.5 Å². The molecule has 0 amide bonds. The molecule has 1 heterocycles. The van der Waals surface area contributed by atoms with E-state index in [1.807, 2.05) is 51.1 Å². The predicted molar refractivity (Wildman–Crippen MR) is 99.0 cm³/mol. The molecule has 2 aromatic carbocycles. The molecule has 134 valence electrons. The summed E-state index contributed by atoms with van der Waals surface area (Å²) in [6.07, 6.45) is 0. The van der Waals surface area contributed by atoms with Crippen LogP contribution in [0.2, 0.25) is 0 Å². The average Bonchev–Trinajstić information content (AvgIpc) is 3.13. The molecule has 7 nitrogen and oxygen atoms in total. The van der Waals surface area contributed by atoms with E-state index in [4.69, 9.17) is 4.52 Å². The SMILES string of the molecule is CC(C)c1noc(-c2ccc(N[C@@H](C)c3ccccc3)c([N+](=O)[O-])c2)n1. The zero-order valence-electron chi connectivity index (χ0n) is 14.8. The van der Waals surface area contributed by atoms with Gasteiger partial charge in [0.25, 0.3) is 11.6 Å². The van der Waals surface area contributed by atoms with Crippen molar-refractivity contribution >= 4 is 11.4 Å². The first-order valence-electron chi connectivity index (χ1n) is 8.39. The van der Waals surface area contributed by atoms with E-state index >= 15 is 0 Å². The fraction of sp³-hybridized carbons (Fsp3) is 0.263. The molecule has 0 aliphatic carbocycles. The number of nitrogens with one attached hydrogen (secondary N) is 1. The van der Waals surface area contributed by atoms with Crippen LogP contribution in [0.15, 0.2) is 53.1 Å². The fourth-order valence-electron chi connectivity index (χ4n) is 2.58. The van der Waals surface area contributed by atoms with Gasteiger partial charge in [0.2, 0.25) is 0 Å². The maximum Gasteiger partial charge on any atom is 0.293 e. The monoisotopic (exact) mass is 352 g/mol. The minimum atomic E-state index is -0.413. The van der Waals surface area contributed by atoms with Crippen molar-refractivity contribution < 1.29 is 9.45 Å². The van der Waals surface area contributed by atoms with E-state index in [1.54, 1.807) is 12.1 Å². The van der Waals surface area contributed by atoms with E-state index < -0.39 is 4.92 Å². The van der Waals surface area contributed by atoms with Gasteiger partial charge in [0.15, 0.2) is 5.82 Å². The number of nitro groups is 1. The molecule has 0 aliphatic heterocycles. The molecule has 0 spiro atoms. The Morgan fingerprint density at radius 2 is 1.85 bits per heavy atom. The summed E-state index contributed by atoms with van der Waals surface area (Å²) in [5.74, 6) is 0.970. The van der Waals surface area contributed by atoms with Gasteiger partial charge >= 0.3 is 0 Å². The van der Waals surface area contributed by atoms with Crippen molar-refractivity contribution in [3.05, 3.63) is 70.0 Å². The smallest absolute Gasteiger partial charge is 0.293 e. The highest BCUT2D eigenvalue weighted by Gasteiger charge is 2.20. The van der Waals surface area contributed by atoms with Crippen molar-refractivity contribution in [2.45, 2.75) is 32.7 Å². The van der Waals surface area contributed by atoms with Crippen LogP contribution >= 0.6 is 0 Å². The van der Waals surface area contributed by atoms with E-state index in [0.29, 0.717) is 17.1 Å². The topological polar surface area (TPSA) is 94.1 Å². The molecule has 0 fully saturated rings. The second kappa shape index (κ2) is 7.35. The Morgan fingerprint density at radius 1 is 1.12 bits per heavy atom. The normalized spacial score (nSPS) is 12.2. The minimum absolute atomic E-state index is 0.0328. The van der Waals surface area contributed by atoms with Gasteiger partial charge in [-0.25, -0.2) is 0 Å². The van der Waals surface area contributed by atoms with Gasteiger partial charge in [-0.1, -0.05) is 49.3 Å². The van der Waals surface area contributed by atoms with Crippen molar-refractivity contribution in [1.29, 1.82) is 0 Å². The van der Waals surface area contributed by atoms with Crippen molar-refractivity contribution in [2.24, 2.45) is 0 Å². The summed E-state index contributed by atoms with van der Waals surface area (Å²) in [5, 5.41) is 18.6. The summed E-state index contributed by atoms with van der Waals surface area (Å²) in [6.45, 7) is 5.87. The van der Waals surface area contributed by atoms with Crippen LogP contribution in [-0.2, 0) is 0 Å². The third-order valence-corrected chi connectivity index (χ3v) is 4.07. The Kier molecular flexibility index (Phi) is 4.97.